The quantitative estimate of drug-likeness (QED) is 0.612. The highest BCUT2D eigenvalue weighted by molar-refractivity contribution is 5.85. The van der Waals surface area contributed by atoms with Gasteiger partial charge in [0.2, 0.25) is 0 Å². The number of rotatable bonds is 4. The highest BCUT2D eigenvalue weighted by Crippen LogP contribution is 1.97. The van der Waals surface area contributed by atoms with Gasteiger partial charge in [0.25, 0.3) is 0 Å². The molecule has 14 heavy (non-hydrogen) atoms. The van der Waals surface area contributed by atoms with Crippen molar-refractivity contribution in [1.29, 1.82) is 0 Å². The van der Waals surface area contributed by atoms with Crippen molar-refractivity contribution in [3.63, 3.8) is 0 Å². The first-order valence-electron chi connectivity index (χ1n) is 4.04. The van der Waals surface area contributed by atoms with Crippen LogP contribution in [0, 0.1) is 0 Å². The maximum absolute atomic E-state index is 9.16. The Morgan fingerprint density at radius 3 is 2.43 bits per heavy atom. The maximum Gasteiger partial charge on any atom is 0.129 e. The van der Waals surface area contributed by atoms with Crippen molar-refractivity contribution in [1.82, 2.24) is 9.97 Å². The zero-order chi connectivity index (χ0) is 9.68. The lowest BCUT2D eigenvalue weighted by Gasteiger charge is -2.14. The van der Waals surface area contributed by atoms with Crippen LogP contribution in [0.3, 0.4) is 0 Å². The Kier molecular flexibility index (Phi) is 6.31. The predicted molar refractivity (Wildman–Crippen MR) is 54.1 cm³/mol. The van der Waals surface area contributed by atoms with Gasteiger partial charge in [-0.3, -0.25) is 0 Å². The van der Waals surface area contributed by atoms with Crippen LogP contribution in [0.15, 0.2) is 18.5 Å². The molecule has 1 heterocycles. The van der Waals surface area contributed by atoms with Gasteiger partial charge in [0, 0.05) is 24.9 Å². The van der Waals surface area contributed by atoms with Crippen LogP contribution in [-0.4, -0.2) is 38.9 Å². The third-order valence-corrected chi connectivity index (χ3v) is 1.72. The molecule has 0 radical (unpaired) electrons. The lowest BCUT2D eigenvalue weighted by atomic mass is 10.1. The summed E-state index contributed by atoms with van der Waals surface area (Å²) < 4.78 is 0. The van der Waals surface area contributed by atoms with Crippen molar-refractivity contribution in [2.24, 2.45) is 5.73 Å². The van der Waals surface area contributed by atoms with E-state index < -0.39 is 12.1 Å². The van der Waals surface area contributed by atoms with Crippen LogP contribution in [0.5, 0.6) is 0 Å². The smallest absolute Gasteiger partial charge is 0.129 e. The van der Waals surface area contributed by atoms with Crippen LogP contribution in [-0.2, 0) is 6.42 Å². The Labute approximate surface area is 88.4 Å². The van der Waals surface area contributed by atoms with E-state index in [1.54, 1.807) is 18.5 Å². The molecular formula is C8H14ClN3O2. The largest absolute Gasteiger partial charge is 0.394 e. The second-order valence-corrected chi connectivity index (χ2v) is 2.78. The summed E-state index contributed by atoms with van der Waals surface area (Å²) in [5.41, 5.74) is 5.57. The number of hydrogen-bond donors (Lipinski definition) is 3. The summed E-state index contributed by atoms with van der Waals surface area (Å²) in [5, 5.41) is 17.8. The summed E-state index contributed by atoms with van der Waals surface area (Å²) in [5.74, 6) is 0.572. The molecule has 4 N–H and O–H groups in total. The van der Waals surface area contributed by atoms with Crippen LogP contribution in [0.2, 0.25) is 0 Å². The fourth-order valence-electron chi connectivity index (χ4n) is 0.918. The van der Waals surface area contributed by atoms with Crippen molar-refractivity contribution in [3.05, 3.63) is 24.3 Å². The van der Waals surface area contributed by atoms with Gasteiger partial charge >= 0.3 is 0 Å². The topological polar surface area (TPSA) is 92.3 Å². The van der Waals surface area contributed by atoms with Gasteiger partial charge in [0.05, 0.1) is 12.7 Å². The number of aliphatic hydroxyl groups is 2. The minimum absolute atomic E-state index is 0. The van der Waals surface area contributed by atoms with Crippen LogP contribution in [0.25, 0.3) is 0 Å². The molecule has 0 aliphatic rings. The highest BCUT2D eigenvalue weighted by atomic mass is 35.5. The van der Waals surface area contributed by atoms with E-state index in [4.69, 9.17) is 15.9 Å². The van der Waals surface area contributed by atoms with E-state index in [0.717, 1.165) is 0 Å². The lowest BCUT2D eigenvalue weighted by Crippen LogP contribution is -2.39. The van der Waals surface area contributed by atoms with E-state index in [-0.39, 0.29) is 19.0 Å². The van der Waals surface area contributed by atoms with E-state index in [0.29, 0.717) is 12.2 Å². The Morgan fingerprint density at radius 1 is 1.36 bits per heavy atom. The Morgan fingerprint density at radius 2 is 1.93 bits per heavy atom. The second-order valence-electron chi connectivity index (χ2n) is 2.78. The number of nitrogens with zero attached hydrogens (tertiary/aromatic N) is 2. The third kappa shape index (κ3) is 3.97. The van der Waals surface area contributed by atoms with Gasteiger partial charge < -0.3 is 15.9 Å². The van der Waals surface area contributed by atoms with E-state index >= 15 is 0 Å². The van der Waals surface area contributed by atoms with Crippen LogP contribution < -0.4 is 5.73 Å². The van der Waals surface area contributed by atoms with Crippen molar-refractivity contribution >= 4 is 12.4 Å². The molecule has 5 nitrogen and oxygen atoms in total. The first kappa shape index (κ1) is 13.2. The van der Waals surface area contributed by atoms with Crippen molar-refractivity contribution in [2.45, 2.75) is 18.6 Å². The molecule has 0 amide bonds. The van der Waals surface area contributed by atoms with Crippen molar-refractivity contribution < 1.29 is 10.2 Å². The molecule has 0 aliphatic heterocycles. The first-order chi connectivity index (χ1) is 6.24. The van der Waals surface area contributed by atoms with Crippen LogP contribution in [0.4, 0.5) is 0 Å². The molecule has 1 rings (SSSR count). The van der Waals surface area contributed by atoms with Gasteiger partial charge in [0.1, 0.15) is 5.82 Å². The average Bonchev–Trinajstić information content (AvgIpc) is 2.18. The second kappa shape index (κ2) is 6.67. The molecule has 2 atom stereocenters. The molecule has 1 aromatic rings. The minimum Gasteiger partial charge on any atom is -0.394 e. The summed E-state index contributed by atoms with van der Waals surface area (Å²) in [4.78, 5) is 7.90. The number of hydrogen-bond acceptors (Lipinski definition) is 5. The first-order valence-corrected chi connectivity index (χ1v) is 4.04. The summed E-state index contributed by atoms with van der Waals surface area (Å²) in [6, 6.07) is 1.18. The monoisotopic (exact) mass is 219 g/mol. The van der Waals surface area contributed by atoms with Gasteiger partial charge in [-0.15, -0.1) is 12.4 Å². The molecule has 1 aromatic heterocycles. The van der Waals surface area contributed by atoms with E-state index in [2.05, 4.69) is 9.97 Å². The molecular weight excluding hydrogens is 206 g/mol. The van der Waals surface area contributed by atoms with Crippen molar-refractivity contribution in [3.8, 4) is 0 Å². The average molecular weight is 220 g/mol. The van der Waals surface area contributed by atoms with Gasteiger partial charge in [-0.2, -0.15) is 0 Å². The fourth-order valence-corrected chi connectivity index (χ4v) is 0.918. The number of nitrogens with two attached hydrogens (primary N) is 1. The number of halogens is 1. The Bertz CT molecular complexity index is 248. The molecule has 0 bridgehead atoms. The molecule has 0 aromatic carbocycles. The van der Waals surface area contributed by atoms with E-state index in [1.807, 2.05) is 0 Å². The van der Waals surface area contributed by atoms with E-state index in [9.17, 15) is 0 Å². The third-order valence-electron chi connectivity index (χ3n) is 1.72. The number of aromatic nitrogens is 2. The minimum atomic E-state index is -0.913. The fraction of sp³-hybridized carbons (Fsp3) is 0.500. The normalized spacial score (nSPS) is 14.2. The van der Waals surface area contributed by atoms with Crippen LogP contribution >= 0.6 is 12.4 Å². The van der Waals surface area contributed by atoms with Gasteiger partial charge in [-0.1, -0.05) is 0 Å². The zero-order valence-corrected chi connectivity index (χ0v) is 8.39. The molecule has 0 aliphatic carbocycles. The van der Waals surface area contributed by atoms with Gasteiger partial charge in [-0.05, 0) is 6.07 Å². The van der Waals surface area contributed by atoms with E-state index in [1.165, 1.54) is 0 Å². The Hall–Kier alpha value is -0.750. The molecule has 2 unspecified atom stereocenters. The highest BCUT2D eigenvalue weighted by Gasteiger charge is 2.14. The number of aliphatic hydroxyl groups excluding tert-OH is 2. The molecule has 6 heteroatoms. The SMILES string of the molecule is Cl.NC(Cc1ncccn1)C(O)CO. The lowest BCUT2D eigenvalue weighted by molar-refractivity contribution is 0.0737. The summed E-state index contributed by atoms with van der Waals surface area (Å²) in [6.45, 7) is -0.339. The summed E-state index contributed by atoms with van der Waals surface area (Å²) >= 11 is 0. The molecule has 0 spiro atoms. The molecule has 80 valence electrons. The predicted octanol–water partition coefficient (Wildman–Crippen LogP) is -0.879. The molecule has 0 saturated heterocycles. The standard InChI is InChI=1S/C8H13N3O2.ClH/c9-6(7(13)5-12)4-8-10-2-1-3-11-8;/h1-3,6-7,12-13H,4-5,9H2;1H. The zero-order valence-electron chi connectivity index (χ0n) is 7.58. The maximum atomic E-state index is 9.16. The molecule has 0 fully saturated rings. The molecule has 0 saturated carbocycles. The summed E-state index contributed by atoms with van der Waals surface area (Å²) in [7, 11) is 0. The summed E-state index contributed by atoms with van der Waals surface area (Å²) in [6.07, 6.45) is 2.67. The van der Waals surface area contributed by atoms with Gasteiger partial charge in [-0.25, -0.2) is 9.97 Å². The Balaban J connectivity index is 0.00000169. The van der Waals surface area contributed by atoms with Crippen LogP contribution in [0.1, 0.15) is 5.82 Å². The van der Waals surface area contributed by atoms with Gasteiger partial charge in [0.15, 0.2) is 0 Å². The van der Waals surface area contributed by atoms with Crippen molar-refractivity contribution in [2.75, 3.05) is 6.61 Å².